The smallest absolute Gasteiger partial charge is 0.331 e. The molecule has 1 aliphatic rings. The quantitative estimate of drug-likeness (QED) is 0.494. The molecular formula is C21H25ClN2O5. The normalized spacial score (nSPS) is 15.4. The summed E-state index contributed by atoms with van der Waals surface area (Å²) in [5.41, 5.74) is -0.202. The average Bonchev–Trinajstić information content (AvgIpc) is 2.75. The van der Waals surface area contributed by atoms with E-state index in [1.807, 2.05) is 0 Å². The summed E-state index contributed by atoms with van der Waals surface area (Å²) in [5.74, 6) is -0.243. The Kier molecular flexibility index (Phi) is 7.91. The monoisotopic (exact) mass is 420 g/mol. The van der Waals surface area contributed by atoms with Crippen LogP contribution in [-0.2, 0) is 14.3 Å². The van der Waals surface area contributed by atoms with Crippen LogP contribution in [0.5, 0.6) is 11.5 Å². The van der Waals surface area contributed by atoms with Gasteiger partial charge in [0.1, 0.15) is 5.54 Å². The van der Waals surface area contributed by atoms with Crippen molar-refractivity contribution in [1.82, 2.24) is 4.90 Å². The number of ether oxygens (including phenoxy) is 3. The average molecular weight is 421 g/mol. The fourth-order valence-electron chi connectivity index (χ4n) is 3.37. The summed E-state index contributed by atoms with van der Waals surface area (Å²) in [7, 11) is 4.55. The topological polar surface area (TPSA) is 88.9 Å². The zero-order valence-corrected chi connectivity index (χ0v) is 17.6. The number of rotatable bonds is 7. The van der Waals surface area contributed by atoms with Crippen molar-refractivity contribution in [1.29, 1.82) is 5.26 Å². The number of methoxy groups -OCH3 is 2. The molecule has 1 amide bonds. The van der Waals surface area contributed by atoms with Crippen LogP contribution in [0.2, 0.25) is 5.02 Å². The fraction of sp³-hybridized carbons (Fsp3) is 0.476. The Morgan fingerprint density at radius 3 is 2.52 bits per heavy atom. The maximum Gasteiger partial charge on any atom is 0.331 e. The van der Waals surface area contributed by atoms with Gasteiger partial charge in [-0.25, -0.2) is 4.79 Å². The van der Waals surface area contributed by atoms with Crippen molar-refractivity contribution in [3.8, 4) is 17.6 Å². The Bertz CT molecular complexity index is 825. The third-order valence-corrected chi connectivity index (χ3v) is 5.39. The van der Waals surface area contributed by atoms with Crippen LogP contribution in [0.4, 0.5) is 0 Å². The van der Waals surface area contributed by atoms with Gasteiger partial charge in [0.05, 0.1) is 25.3 Å². The van der Waals surface area contributed by atoms with Crippen LogP contribution in [0.1, 0.15) is 37.7 Å². The summed E-state index contributed by atoms with van der Waals surface area (Å²) in [6.07, 6.45) is 6.85. The number of amides is 1. The first kappa shape index (κ1) is 22.6. The van der Waals surface area contributed by atoms with E-state index in [0.717, 1.165) is 19.3 Å². The van der Waals surface area contributed by atoms with Gasteiger partial charge in [-0.05, 0) is 36.6 Å². The molecule has 1 saturated carbocycles. The third-order valence-electron chi connectivity index (χ3n) is 5.11. The summed E-state index contributed by atoms with van der Waals surface area (Å²) in [6.45, 7) is -0.421. The summed E-state index contributed by atoms with van der Waals surface area (Å²) >= 11 is 6.14. The number of hydrogen-bond acceptors (Lipinski definition) is 6. The minimum absolute atomic E-state index is 0.339. The van der Waals surface area contributed by atoms with E-state index in [1.165, 1.54) is 31.3 Å². The number of esters is 1. The molecule has 0 bridgehead atoms. The van der Waals surface area contributed by atoms with Crippen molar-refractivity contribution in [2.45, 2.75) is 37.6 Å². The highest BCUT2D eigenvalue weighted by Crippen LogP contribution is 2.36. The summed E-state index contributed by atoms with van der Waals surface area (Å²) in [6, 6.07) is 5.55. The minimum Gasteiger partial charge on any atom is -0.493 e. The molecule has 7 nitrogen and oxygen atoms in total. The van der Waals surface area contributed by atoms with E-state index in [9.17, 15) is 14.9 Å². The number of likely N-dealkylation sites (N-methyl/N-ethyl adjacent to an activating group) is 1. The highest BCUT2D eigenvalue weighted by molar-refractivity contribution is 6.32. The Morgan fingerprint density at radius 1 is 1.24 bits per heavy atom. The molecule has 0 aliphatic heterocycles. The number of benzene rings is 1. The zero-order valence-electron chi connectivity index (χ0n) is 16.9. The Hall–Kier alpha value is -2.72. The third kappa shape index (κ3) is 5.42. The van der Waals surface area contributed by atoms with Crippen molar-refractivity contribution < 1.29 is 23.8 Å². The van der Waals surface area contributed by atoms with E-state index in [0.29, 0.717) is 34.9 Å². The molecule has 1 aromatic rings. The SMILES string of the molecule is COc1cc(/C=C/C(=O)OCC(=O)N(C)C2(C#N)CCCCC2)cc(Cl)c1OC. The maximum absolute atomic E-state index is 12.4. The van der Waals surface area contributed by atoms with E-state index in [4.69, 9.17) is 25.8 Å². The van der Waals surface area contributed by atoms with E-state index >= 15 is 0 Å². The summed E-state index contributed by atoms with van der Waals surface area (Å²) in [4.78, 5) is 25.8. The Morgan fingerprint density at radius 2 is 1.93 bits per heavy atom. The van der Waals surface area contributed by atoms with Crippen molar-refractivity contribution in [3.63, 3.8) is 0 Å². The highest BCUT2D eigenvalue weighted by atomic mass is 35.5. The second-order valence-electron chi connectivity index (χ2n) is 6.84. The van der Waals surface area contributed by atoms with Crippen molar-refractivity contribution in [3.05, 3.63) is 28.8 Å². The standard InChI is InChI=1S/C21H25ClN2O5/c1-24(21(14-23)9-5-4-6-10-21)18(25)13-29-19(26)8-7-15-11-16(22)20(28-3)17(12-15)27-2/h7-8,11-12H,4-6,9-10,13H2,1-3H3/b8-7+. The lowest BCUT2D eigenvalue weighted by atomic mass is 9.81. The van der Waals surface area contributed by atoms with Crippen LogP contribution in [0.3, 0.4) is 0 Å². The molecule has 0 heterocycles. The number of nitriles is 1. The molecule has 0 N–H and O–H groups in total. The maximum atomic E-state index is 12.4. The van der Waals surface area contributed by atoms with Crippen LogP contribution in [-0.4, -0.2) is 50.2 Å². The van der Waals surface area contributed by atoms with Gasteiger partial charge < -0.3 is 19.1 Å². The molecule has 2 rings (SSSR count). The molecule has 29 heavy (non-hydrogen) atoms. The molecule has 0 unspecified atom stereocenters. The van der Waals surface area contributed by atoms with Gasteiger partial charge in [0.15, 0.2) is 18.1 Å². The van der Waals surface area contributed by atoms with Gasteiger partial charge in [0.25, 0.3) is 5.91 Å². The highest BCUT2D eigenvalue weighted by Gasteiger charge is 2.38. The van der Waals surface area contributed by atoms with E-state index < -0.39 is 24.0 Å². The number of carbonyl (C=O) groups is 2. The van der Waals surface area contributed by atoms with Gasteiger partial charge in [0, 0.05) is 13.1 Å². The predicted molar refractivity (Wildman–Crippen MR) is 109 cm³/mol. The molecule has 0 spiro atoms. The molecule has 0 radical (unpaired) electrons. The molecule has 156 valence electrons. The zero-order chi connectivity index (χ0) is 21.4. The van der Waals surface area contributed by atoms with Crippen LogP contribution in [0, 0.1) is 11.3 Å². The molecule has 1 aliphatic carbocycles. The first-order valence-electron chi connectivity index (χ1n) is 9.31. The number of carbonyl (C=O) groups excluding carboxylic acids is 2. The summed E-state index contributed by atoms with van der Waals surface area (Å²) < 4.78 is 15.4. The number of hydrogen-bond donors (Lipinski definition) is 0. The van der Waals surface area contributed by atoms with Crippen molar-refractivity contribution in [2.24, 2.45) is 0 Å². The molecule has 0 atom stereocenters. The van der Waals surface area contributed by atoms with Crippen molar-refractivity contribution >= 4 is 29.6 Å². The van der Waals surface area contributed by atoms with Gasteiger partial charge in [0.2, 0.25) is 0 Å². The second kappa shape index (κ2) is 10.2. The van der Waals surface area contributed by atoms with Crippen LogP contribution < -0.4 is 9.47 Å². The van der Waals surface area contributed by atoms with Crippen LogP contribution in [0.25, 0.3) is 6.08 Å². The largest absolute Gasteiger partial charge is 0.493 e. The van der Waals surface area contributed by atoms with E-state index in [1.54, 1.807) is 19.2 Å². The lowest BCUT2D eigenvalue weighted by molar-refractivity contribution is -0.150. The minimum atomic E-state index is -0.812. The van der Waals surface area contributed by atoms with Crippen LogP contribution in [0.15, 0.2) is 18.2 Å². The second-order valence-corrected chi connectivity index (χ2v) is 7.24. The van der Waals surface area contributed by atoms with Gasteiger partial charge in [-0.1, -0.05) is 30.9 Å². The molecule has 8 heteroatoms. The van der Waals surface area contributed by atoms with Gasteiger partial charge >= 0.3 is 5.97 Å². The predicted octanol–water partition coefficient (Wildman–Crippen LogP) is 3.60. The fourth-order valence-corrected chi connectivity index (χ4v) is 3.67. The van der Waals surface area contributed by atoms with Crippen molar-refractivity contribution in [2.75, 3.05) is 27.9 Å². The van der Waals surface area contributed by atoms with E-state index in [-0.39, 0.29) is 0 Å². The molecule has 1 fully saturated rings. The first-order valence-corrected chi connectivity index (χ1v) is 9.69. The van der Waals surface area contributed by atoms with Gasteiger partial charge in [-0.15, -0.1) is 0 Å². The Balaban J connectivity index is 1.96. The summed E-state index contributed by atoms with van der Waals surface area (Å²) in [5, 5.41) is 9.90. The van der Waals surface area contributed by atoms with Gasteiger partial charge in [-0.3, -0.25) is 4.79 Å². The first-order chi connectivity index (χ1) is 13.9. The molecular weight excluding hydrogens is 396 g/mol. The number of nitrogens with zero attached hydrogens (tertiary/aromatic N) is 2. The molecule has 0 aromatic heterocycles. The number of halogens is 1. The lowest BCUT2D eigenvalue weighted by Crippen LogP contribution is -2.51. The molecule has 0 saturated heterocycles. The van der Waals surface area contributed by atoms with E-state index in [2.05, 4.69) is 6.07 Å². The Labute approximate surface area is 175 Å². The van der Waals surface area contributed by atoms with Gasteiger partial charge in [-0.2, -0.15) is 5.26 Å². The molecule has 1 aromatic carbocycles. The lowest BCUT2D eigenvalue weighted by Gasteiger charge is -2.38. The van der Waals surface area contributed by atoms with Crippen LogP contribution >= 0.6 is 11.6 Å².